The maximum Gasteiger partial charge on any atom is 0.262 e. The molecule has 0 atom stereocenters. The van der Waals surface area contributed by atoms with Gasteiger partial charge in [0, 0.05) is 11.4 Å². The number of amides is 2. The number of carbonyl (C=O) groups is 2. The van der Waals surface area contributed by atoms with E-state index in [2.05, 4.69) is 83.4 Å². The molecule has 0 aromatic heterocycles. The highest BCUT2D eigenvalue weighted by Crippen LogP contribution is 2.56. The van der Waals surface area contributed by atoms with Crippen LogP contribution >= 0.6 is 0 Å². The summed E-state index contributed by atoms with van der Waals surface area (Å²) in [6, 6.07) is 45.0. The summed E-state index contributed by atoms with van der Waals surface area (Å²) in [6.45, 7) is 7.76. The van der Waals surface area contributed by atoms with E-state index >= 15 is 0 Å². The first-order valence-electron chi connectivity index (χ1n) is 17.1. The van der Waals surface area contributed by atoms with Crippen molar-refractivity contribution in [2.75, 3.05) is 23.8 Å². The number of carbonyl (C=O) groups excluding carboxylic acids is 2. The average molecular weight is 673 g/mol. The zero-order valence-electron chi connectivity index (χ0n) is 29.2. The summed E-state index contributed by atoms with van der Waals surface area (Å²) in [4.78, 5) is 25.8. The molecule has 6 heteroatoms. The number of benzene rings is 6. The molecule has 254 valence electrons. The van der Waals surface area contributed by atoms with Crippen molar-refractivity contribution in [1.82, 2.24) is 0 Å². The highest BCUT2D eigenvalue weighted by molar-refractivity contribution is 5.93. The minimum absolute atomic E-state index is 0.0860. The van der Waals surface area contributed by atoms with Gasteiger partial charge in [-0.05, 0) is 120 Å². The van der Waals surface area contributed by atoms with Crippen molar-refractivity contribution in [1.29, 1.82) is 0 Å². The largest absolute Gasteiger partial charge is 0.483 e. The molecule has 1 aliphatic carbocycles. The van der Waals surface area contributed by atoms with Crippen LogP contribution in [0.5, 0.6) is 11.5 Å². The molecule has 6 aromatic rings. The minimum atomic E-state index is -0.629. The van der Waals surface area contributed by atoms with Crippen molar-refractivity contribution in [2.45, 2.75) is 33.1 Å². The van der Waals surface area contributed by atoms with Crippen LogP contribution in [0, 0.1) is 27.7 Å². The van der Waals surface area contributed by atoms with Crippen LogP contribution in [-0.2, 0) is 15.0 Å². The van der Waals surface area contributed by atoms with Crippen LogP contribution in [0.2, 0.25) is 0 Å². The summed E-state index contributed by atoms with van der Waals surface area (Å²) in [5, 5.41) is 5.98. The first-order chi connectivity index (χ1) is 24.7. The molecule has 2 N–H and O–H groups in total. The van der Waals surface area contributed by atoms with E-state index in [1.165, 1.54) is 22.3 Å². The molecule has 0 radical (unpaired) electrons. The monoisotopic (exact) mass is 672 g/mol. The van der Waals surface area contributed by atoms with E-state index in [0.717, 1.165) is 33.4 Å². The third kappa shape index (κ3) is 6.61. The summed E-state index contributed by atoms with van der Waals surface area (Å²) in [7, 11) is 0. The van der Waals surface area contributed by atoms with Crippen LogP contribution in [0.3, 0.4) is 0 Å². The van der Waals surface area contributed by atoms with Crippen LogP contribution in [-0.4, -0.2) is 25.0 Å². The second kappa shape index (κ2) is 14.0. The van der Waals surface area contributed by atoms with Gasteiger partial charge in [0.25, 0.3) is 11.8 Å². The Kier molecular flexibility index (Phi) is 9.16. The molecule has 0 heterocycles. The van der Waals surface area contributed by atoms with Gasteiger partial charge in [-0.1, -0.05) is 97.1 Å². The number of rotatable bonds is 10. The van der Waals surface area contributed by atoms with Crippen LogP contribution in [0.4, 0.5) is 11.4 Å². The molecule has 0 aliphatic heterocycles. The number of fused-ring (bicyclic) bond motifs is 3. The fourth-order valence-corrected chi connectivity index (χ4v) is 7.04. The lowest BCUT2D eigenvalue weighted by Crippen LogP contribution is -2.28. The van der Waals surface area contributed by atoms with Gasteiger partial charge in [0.2, 0.25) is 0 Å². The Morgan fingerprint density at radius 1 is 0.510 bits per heavy atom. The fourth-order valence-electron chi connectivity index (χ4n) is 7.04. The Hall–Kier alpha value is -6.14. The van der Waals surface area contributed by atoms with Crippen molar-refractivity contribution < 1.29 is 19.1 Å². The van der Waals surface area contributed by atoms with Gasteiger partial charge in [-0.2, -0.15) is 0 Å². The van der Waals surface area contributed by atoms with Gasteiger partial charge in [-0.3, -0.25) is 9.59 Å². The molecular weight excluding hydrogens is 633 g/mol. The summed E-state index contributed by atoms with van der Waals surface area (Å²) in [5.74, 6) is 0.952. The van der Waals surface area contributed by atoms with E-state index in [9.17, 15) is 9.59 Å². The van der Waals surface area contributed by atoms with E-state index in [-0.39, 0.29) is 25.0 Å². The number of ether oxygens (including phenoxy) is 2. The molecule has 0 bridgehead atoms. The first kappa shape index (κ1) is 33.4. The molecule has 6 nitrogen and oxygen atoms in total. The van der Waals surface area contributed by atoms with Crippen molar-refractivity contribution in [3.63, 3.8) is 0 Å². The molecular formula is C45H40N2O4. The molecule has 51 heavy (non-hydrogen) atoms. The van der Waals surface area contributed by atoms with E-state index < -0.39 is 5.41 Å². The molecule has 1 aliphatic rings. The van der Waals surface area contributed by atoms with Crippen LogP contribution < -0.4 is 20.1 Å². The Morgan fingerprint density at radius 3 is 1.31 bits per heavy atom. The normalized spacial score (nSPS) is 12.4. The standard InChI is InChI=1S/C45H40N2O4/c1-29-13-15-31(3)41(25-29)50-27-43(48)46-35-21-17-33(18-22-35)45(39-11-7-5-9-37(39)38-10-6-8-12-40(38)45)34-19-23-36(24-20-34)47-44(49)28-51-42-26-30(2)14-16-32(42)4/h5-26H,27-28H2,1-4H3,(H,46,48)(H,47,49). The van der Waals surface area contributed by atoms with Crippen LogP contribution in [0.1, 0.15) is 44.5 Å². The Bertz CT molecular complexity index is 2080. The maximum atomic E-state index is 12.9. The van der Waals surface area contributed by atoms with E-state index in [4.69, 9.17) is 9.47 Å². The number of aryl methyl sites for hydroxylation is 4. The molecule has 0 unspecified atom stereocenters. The molecule has 6 aromatic carbocycles. The van der Waals surface area contributed by atoms with Crippen molar-refractivity contribution in [3.8, 4) is 22.6 Å². The van der Waals surface area contributed by atoms with Gasteiger partial charge in [0.05, 0.1) is 5.41 Å². The summed E-state index contributed by atoms with van der Waals surface area (Å²) >= 11 is 0. The topological polar surface area (TPSA) is 76.7 Å². The summed E-state index contributed by atoms with van der Waals surface area (Å²) in [6.07, 6.45) is 0. The van der Waals surface area contributed by atoms with Crippen molar-refractivity contribution in [3.05, 3.63) is 178 Å². The van der Waals surface area contributed by atoms with Crippen molar-refractivity contribution in [2.24, 2.45) is 0 Å². The van der Waals surface area contributed by atoms with Gasteiger partial charge >= 0.3 is 0 Å². The fraction of sp³-hybridized carbons (Fsp3) is 0.156. The highest BCUT2D eigenvalue weighted by Gasteiger charge is 2.45. The molecule has 0 fully saturated rings. The van der Waals surface area contributed by atoms with Crippen LogP contribution in [0.15, 0.2) is 133 Å². The average Bonchev–Trinajstić information content (AvgIpc) is 3.44. The number of nitrogens with one attached hydrogen (secondary N) is 2. The molecule has 0 saturated carbocycles. The summed E-state index contributed by atoms with van der Waals surface area (Å²) in [5.41, 5.74) is 11.7. The van der Waals surface area contributed by atoms with Gasteiger partial charge in [-0.15, -0.1) is 0 Å². The predicted molar refractivity (Wildman–Crippen MR) is 204 cm³/mol. The SMILES string of the molecule is Cc1ccc(C)c(OCC(=O)Nc2ccc(C3(c4ccc(NC(=O)COc5cc(C)ccc5C)cc4)c4ccccc4-c4ccccc43)cc2)c1. The molecule has 0 saturated heterocycles. The van der Waals surface area contributed by atoms with Crippen LogP contribution in [0.25, 0.3) is 11.1 Å². The van der Waals surface area contributed by atoms with E-state index in [1.54, 1.807) is 0 Å². The maximum absolute atomic E-state index is 12.9. The molecule has 0 spiro atoms. The predicted octanol–water partition coefficient (Wildman–Crippen LogP) is 9.32. The van der Waals surface area contributed by atoms with Gasteiger partial charge in [0.1, 0.15) is 11.5 Å². The second-order valence-corrected chi connectivity index (χ2v) is 13.2. The second-order valence-electron chi connectivity index (χ2n) is 13.2. The highest BCUT2D eigenvalue weighted by atomic mass is 16.5. The lowest BCUT2D eigenvalue weighted by molar-refractivity contribution is -0.118. The number of anilines is 2. The first-order valence-corrected chi connectivity index (χ1v) is 17.1. The molecule has 7 rings (SSSR count). The zero-order valence-corrected chi connectivity index (χ0v) is 29.2. The Balaban J connectivity index is 1.16. The smallest absolute Gasteiger partial charge is 0.262 e. The third-order valence-corrected chi connectivity index (χ3v) is 9.56. The van der Waals surface area contributed by atoms with Gasteiger partial charge < -0.3 is 20.1 Å². The van der Waals surface area contributed by atoms with E-state index in [0.29, 0.717) is 22.9 Å². The summed E-state index contributed by atoms with van der Waals surface area (Å²) < 4.78 is 11.7. The quantitative estimate of drug-likeness (QED) is 0.152. The van der Waals surface area contributed by atoms with Gasteiger partial charge in [-0.25, -0.2) is 0 Å². The molecule has 2 amide bonds. The Labute approximate surface area is 299 Å². The zero-order chi connectivity index (χ0) is 35.5. The lowest BCUT2D eigenvalue weighted by Gasteiger charge is -2.34. The minimum Gasteiger partial charge on any atom is -0.483 e. The number of hydrogen-bond donors (Lipinski definition) is 2. The third-order valence-electron chi connectivity index (χ3n) is 9.56. The van der Waals surface area contributed by atoms with Gasteiger partial charge in [0.15, 0.2) is 13.2 Å². The van der Waals surface area contributed by atoms with E-state index in [1.807, 2.05) is 88.4 Å². The van der Waals surface area contributed by atoms with Crippen molar-refractivity contribution >= 4 is 23.2 Å². The number of hydrogen-bond acceptors (Lipinski definition) is 4. The lowest BCUT2D eigenvalue weighted by atomic mass is 9.67. The Morgan fingerprint density at radius 2 is 0.902 bits per heavy atom.